The van der Waals surface area contributed by atoms with Crippen LogP contribution in [0.5, 0.6) is 0 Å². The molecule has 0 spiro atoms. The number of para-hydroxylation sites is 1. The summed E-state index contributed by atoms with van der Waals surface area (Å²) >= 11 is 0. The summed E-state index contributed by atoms with van der Waals surface area (Å²) in [5.41, 5.74) is 3.46. The van der Waals surface area contributed by atoms with Crippen molar-refractivity contribution in [3.8, 4) is 0 Å². The van der Waals surface area contributed by atoms with Crippen LogP contribution in [0, 0.1) is 5.92 Å². The number of nitrogens with one attached hydrogen (secondary N) is 2. The van der Waals surface area contributed by atoms with Gasteiger partial charge in [-0.1, -0.05) is 12.1 Å². The van der Waals surface area contributed by atoms with Gasteiger partial charge >= 0.3 is 0 Å². The lowest BCUT2D eigenvalue weighted by atomic mass is 9.98. The van der Waals surface area contributed by atoms with E-state index in [9.17, 15) is 0 Å². The van der Waals surface area contributed by atoms with E-state index < -0.39 is 0 Å². The van der Waals surface area contributed by atoms with Crippen molar-refractivity contribution in [3.63, 3.8) is 0 Å². The van der Waals surface area contributed by atoms with E-state index in [1.165, 1.54) is 12.8 Å². The van der Waals surface area contributed by atoms with Crippen molar-refractivity contribution in [3.05, 3.63) is 24.3 Å². The maximum Gasteiger partial charge on any atom is 0.239 e. The third-order valence-corrected chi connectivity index (χ3v) is 3.77. The summed E-state index contributed by atoms with van der Waals surface area (Å²) in [7, 11) is 0. The molecule has 3 rings (SSSR count). The van der Waals surface area contributed by atoms with E-state index in [0.717, 1.165) is 22.6 Å². The molecule has 100 valence electrons. The third-order valence-electron chi connectivity index (χ3n) is 3.77. The van der Waals surface area contributed by atoms with E-state index in [1.807, 2.05) is 24.3 Å². The van der Waals surface area contributed by atoms with Crippen molar-refractivity contribution in [1.29, 1.82) is 0 Å². The highest BCUT2D eigenvalue weighted by Gasteiger charge is 2.38. The summed E-state index contributed by atoms with van der Waals surface area (Å²) in [5.74, 6) is 7.44. The normalized spacial score (nSPS) is 15.5. The van der Waals surface area contributed by atoms with Crippen LogP contribution in [0.2, 0.25) is 0 Å². The zero-order valence-corrected chi connectivity index (χ0v) is 11.3. The minimum Gasteiger partial charge on any atom is -0.364 e. The number of anilines is 2. The van der Waals surface area contributed by atoms with Gasteiger partial charge in [-0.25, -0.2) is 10.8 Å². The molecule has 1 aliphatic carbocycles. The Kier molecular flexibility index (Phi) is 2.78. The molecule has 2 aromatic rings. The molecule has 1 fully saturated rings. The van der Waals surface area contributed by atoms with Crippen molar-refractivity contribution >= 4 is 22.7 Å². The molecule has 0 unspecified atom stereocenters. The van der Waals surface area contributed by atoms with Gasteiger partial charge in [-0.3, -0.25) is 5.43 Å². The number of aromatic nitrogens is 2. The first kappa shape index (κ1) is 12.2. The van der Waals surface area contributed by atoms with Crippen LogP contribution in [-0.2, 0) is 0 Å². The second-order valence-corrected chi connectivity index (χ2v) is 5.68. The molecule has 1 heterocycles. The summed E-state index contributed by atoms with van der Waals surface area (Å²) in [6, 6.07) is 7.95. The number of rotatable bonds is 4. The van der Waals surface area contributed by atoms with Crippen LogP contribution in [0.4, 0.5) is 11.8 Å². The predicted molar refractivity (Wildman–Crippen MR) is 77.8 cm³/mol. The van der Waals surface area contributed by atoms with Gasteiger partial charge in [-0.15, -0.1) is 0 Å². The zero-order valence-electron chi connectivity index (χ0n) is 11.3. The van der Waals surface area contributed by atoms with Gasteiger partial charge in [-0.05, 0) is 44.7 Å². The molecular weight excluding hydrogens is 238 g/mol. The lowest BCUT2D eigenvalue weighted by Gasteiger charge is -2.27. The van der Waals surface area contributed by atoms with Gasteiger partial charge in [0.05, 0.1) is 5.52 Å². The van der Waals surface area contributed by atoms with Crippen LogP contribution in [0.25, 0.3) is 10.9 Å². The monoisotopic (exact) mass is 257 g/mol. The Hall–Kier alpha value is -1.88. The fraction of sp³-hybridized carbons (Fsp3) is 0.429. The SMILES string of the molecule is CC(C)(Nc1nc(NN)nc2ccccc12)C1CC1. The Morgan fingerprint density at radius 2 is 1.95 bits per heavy atom. The van der Waals surface area contributed by atoms with Crippen molar-refractivity contribution in [2.75, 3.05) is 10.7 Å². The lowest BCUT2D eigenvalue weighted by Crippen LogP contribution is -2.34. The minimum atomic E-state index is 0.0446. The first-order chi connectivity index (χ1) is 9.10. The van der Waals surface area contributed by atoms with Gasteiger partial charge in [0.15, 0.2) is 0 Å². The first-order valence-electron chi connectivity index (χ1n) is 6.62. The predicted octanol–water partition coefficient (Wildman–Crippen LogP) is 2.52. The second-order valence-electron chi connectivity index (χ2n) is 5.68. The molecule has 5 nitrogen and oxygen atoms in total. The largest absolute Gasteiger partial charge is 0.364 e. The van der Waals surface area contributed by atoms with Gasteiger partial charge in [0.1, 0.15) is 5.82 Å². The minimum absolute atomic E-state index is 0.0446. The Morgan fingerprint density at radius 1 is 1.21 bits per heavy atom. The Labute approximate surface area is 112 Å². The highest BCUT2D eigenvalue weighted by molar-refractivity contribution is 5.90. The van der Waals surface area contributed by atoms with Crippen LogP contribution in [0.15, 0.2) is 24.3 Å². The average molecular weight is 257 g/mol. The van der Waals surface area contributed by atoms with Gasteiger partial charge in [-0.2, -0.15) is 4.98 Å². The summed E-state index contributed by atoms with van der Waals surface area (Å²) < 4.78 is 0. The maximum atomic E-state index is 5.44. The summed E-state index contributed by atoms with van der Waals surface area (Å²) in [4.78, 5) is 8.81. The van der Waals surface area contributed by atoms with E-state index in [-0.39, 0.29) is 5.54 Å². The summed E-state index contributed by atoms with van der Waals surface area (Å²) in [5, 5.41) is 4.57. The molecule has 0 amide bonds. The molecule has 0 aliphatic heterocycles. The topological polar surface area (TPSA) is 75.9 Å². The van der Waals surface area contributed by atoms with Crippen LogP contribution in [0.1, 0.15) is 26.7 Å². The standard InChI is InChI=1S/C14H19N5/c1-14(2,9-7-8-9)18-12-10-5-3-4-6-11(10)16-13(17-12)19-15/h3-6,9H,7-8,15H2,1-2H3,(H2,16,17,18,19). The second kappa shape index (κ2) is 4.35. The molecule has 0 bridgehead atoms. The highest BCUT2D eigenvalue weighted by atomic mass is 15.3. The fourth-order valence-electron chi connectivity index (χ4n) is 2.45. The molecule has 19 heavy (non-hydrogen) atoms. The number of benzene rings is 1. The molecule has 0 saturated heterocycles. The summed E-state index contributed by atoms with van der Waals surface area (Å²) in [6.45, 7) is 4.44. The number of nitrogen functional groups attached to an aromatic ring is 1. The first-order valence-corrected chi connectivity index (χ1v) is 6.62. The van der Waals surface area contributed by atoms with E-state index in [1.54, 1.807) is 0 Å². The molecule has 1 aliphatic rings. The highest BCUT2D eigenvalue weighted by Crippen LogP contribution is 2.41. The zero-order chi connectivity index (χ0) is 13.5. The van der Waals surface area contributed by atoms with E-state index in [2.05, 4.69) is 34.6 Å². The van der Waals surface area contributed by atoms with Crippen molar-refractivity contribution in [1.82, 2.24) is 9.97 Å². The summed E-state index contributed by atoms with van der Waals surface area (Å²) in [6.07, 6.45) is 2.57. The average Bonchev–Trinajstić information content (AvgIpc) is 3.22. The quantitative estimate of drug-likeness (QED) is 0.579. The molecule has 1 aromatic carbocycles. The number of fused-ring (bicyclic) bond motifs is 1. The van der Waals surface area contributed by atoms with Crippen LogP contribution < -0.4 is 16.6 Å². The maximum absolute atomic E-state index is 5.44. The molecule has 4 N–H and O–H groups in total. The Balaban J connectivity index is 2.05. The molecule has 1 saturated carbocycles. The van der Waals surface area contributed by atoms with Crippen molar-refractivity contribution in [2.24, 2.45) is 11.8 Å². The molecule has 0 radical (unpaired) electrons. The van der Waals surface area contributed by atoms with E-state index in [4.69, 9.17) is 5.84 Å². The van der Waals surface area contributed by atoms with E-state index >= 15 is 0 Å². The molecule has 1 aromatic heterocycles. The molecule has 5 heteroatoms. The third kappa shape index (κ3) is 2.33. The number of hydrogen-bond donors (Lipinski definition) is 3. The van der Waals surface area contributed by atoms with Crippen LogP contribution in [-0.4, -0.2) is 15.5 Å². The molecular formula is C14H19N5. The van der Waals surface area contributed by atoms with Gasteiger partial charge < -0.3 is 5.32 Å². The Morgan fingerprint density at radius 3 is 2.63 bits per heavy atom. The smallest absolute Gasteiger partial charge is 0.239 e. The Bertz CT molecular complexity index is 604. The number of hydrazine groups is 1. The van der Waals surface area contributed by atoms with Crippen LogP contribution >= 0.6 is 0 Å². The van der Waals surface area contributed by atoms with Crippen molar-refractivity contribution < 1.29 is 0 Å². The van der Waals surface area contributed by atoms with Gasteiger partial charge in [0.25, 0.3) is 0 Å². The number of nitrogens with zero attached hydrogens (tertiary/aromatic N) is 2. The lowest BCUT2D eigenvalue weighted by molar-refractivity contribution is 0.493. The van der Waals surface area contributed by atoms with Gasteiger partial charge in [0.2, 0.25) is 5.95 Å². The van der Waals surface area contributed by atoms with Crippen LogP contribution in [0.3, 0.4) is 0 Å². The van der Waals surface area contributed by atoms with E-state index in [0.29, 0.717) is 5.95 Å². The fourth-order valence-corrected chi connectivity index (χ4v) is 2.45. The van der Waals surface area contributed by atoms with Gasteiger partial charge in [0, 0.05) is 10.9 Å². The number of hydrogen-bond acceptors (Lipinski definition) is 5. The molecule has 0 atom stereocenters. The number of nitrogens with two attached hydrogens (primary N) is 1. The van der Waals surface area contributed by atoms with Crippen molar-refractivity contribution in [2.45, 2.75) is 32.2 Å².